The van der Waals surface area contributed by atoms with Gasteiger partial charge in [0.2, 0.25) is 0 Å². The number of hydrogen-bond donors (Lipinski definition) is 2. The molecule has 0 fully saturated rings. The summed E-state index contributed by atoms with van der Waals surface area (Å²) in [5, 5.41) is 22.9. The maximum Gasteiger partial charge on any atom is 0.0581 e. The molecule has 0 heterocycles. The third kappa shape index (κ3) is 5.02. The number of aliphatic hydroxyl groups excluding tert-OH is 2. The first-order valence-electron chi connectivity index (χ1n) is 9.06. The molecule has 0 saturated heterocycles. The maximum absolute atomic E-state index is 10.1. The summed E-state index contributed by atoms with van der Waals surface area (Å²) in [6.07, 6.45) is 1.53. The minimum atomic E-state index is -0.584. The van der Waals surface area contributed by atoms with Gasteiger partial charge in [0.05, 0.1) is 6.10 Å². The average Bonchev–Trinajstić information content (AvgIpc) is 2.70. The Balaban J connectivity index is 1.84. The zero-order valence-electron chi connectivity index (χ0n) is 14.8. The van der Waals surface area contributed by atoms with E-state index in [9.17, 15) is 5.11 Å². The molecule has 0 aliphatic heterocycles. The Kier molecular flexibility index (Phi) is 6.96. The Labute approximate surface area is 156 Å². The third-order valence-corrected chi connectivity index (χ3v) is 6.83. The summed E-state index contributed by atoms with van der Waals surface area (Å²) in [5.41, 5.74) is 1.13. The Morgan fingerprint density at radius 3 is 1.69 bits per heavy atom. The molecule has 134 valence electrons. The maximum atomic E-state index is 10.1. The van der Waals surface area contributed by atoms with Crippen LogP contribution in [0.1, 0.15) is 18.4 Å². The predicted molar refractivity (Wildman–Crippen MR) is 111 cm³/mol. The van der Waals surface area contributed by atoms with Crippen LogP contribution >= 0.6 is 7.92 Å². The summed E-state index contributed by atoms with van der Waals surface area (Å²) >= 11 is 0. The van der Waals surface area contributed by atoms with E-state index in [1.165, 1.54) is 15.9 Å². The molecule has 0 saturated carbocycles. The Morgan fingerprint density at radius 1 is 0.692 bits per heavy atom. The van der Waals surface area contributed by atoms with Crippen LogP contribution in [0.2, 0.25) is 0 Å². The summed E-state index contributed by atoms with van der Waals surface area (Å²) in [5.74, 6) is 0. The van der Waals surface area contributed by atoms with Gasteiger partial charge < -0.3 is 10.2 Å². The van der Waals surface area contributed by atoms with Crippen molar-refractivity contribution >= 4 is 23.8 Å². The molecular weight excluding hydrogens is 339 g/mol. The largest absolute Gasteiger partial charge is 0.396 e. The fraction of sp³-hybridized carbons (Fsp3) is 0.217. The Hall–Kier alpha value is -1.99. The zero-order valence-corrected chi connectivity index (χ0v) is 15.7. The molecule has 0 amide bonds. The molecule has 26 heavy (non-hydrogen) atoms. The van der Waals surface area contributed by atoms with E-state index in [2.05, 4.69) is 84.9 Å². The van der Waals surface area contributed by atoms with E-state index in [1.54, 1.807) is 0 Å². The molecule has 0 bridgehead atoms. The fourth-order valence-electron chi connectivity index (χ4n) is 3.08. The van der Waals surface area contributed by atoms with Crippen molar-refractivity contribution < 1.29 is 10.2 Å². The highest BCUT2D eigenvalue weighted by atomic mass is 31.1. The van der Waals surface area contributed by atoms with Gasteiger partial charge in [-0.05, 0) is 48.7 Å². The van der Waals surface area contributed by atoms with Gasteiger partial charge in [0.25, 0.3) is 0 Å². The van der Waals surface area contributed by atoms with Crippen molar-refractivity contribution in [3.63, 3.8) is 0 Å². The van der Waals surface area contributed by atoms with Gasteiger partial charge in [-0.2, -0.15) is 0 Å². The smallest absolute Gasteiger partial charge is 0.0581 e. The molecule has 3 rings (SSSR count). The monoisotopic (exact) mass is 364 g/mol. The Morgan fingerprint density at radius 2 is 1.19 bits per heavy atom. The van der Waals surface area contributed by atoms with Crippen molar-refractivity contribution in [1.29, 1.82) is 0 Å². The topological polar surface area (TPSA) is 40.5 Å². The van der Waals surface area contributed by atoms with Crippen LogP contribution in [0.25, 0.3) is 0 Å². The lowest BCUT2D eigenvalue weighted by Gasteiger charge is -2.20. The standard InChI is InChI=1S/C23H25O2P/c24-17-7-8-20(25)18-19-13-15-23(16-14-19)26(21-9-3-1-4-10-21)22-11-5-2-6-12-22/h1-6,9-16,20,24-25H,7-8,17-18H2. The van der Waals surface area contributed by atoms with E-state index in [0.717, 1.165) is 5.56 Å². The van der Waals surface area contributed by atoms with E-state index in [4.69, 9.17) is 5.11 Å². The number of aliphatic hydroxyl groups is 2. The van der Waals surface area contributed by atoms with Gasteiger partial charge in [0.15, 0.2) is 0 Å². The first kappa shape index (κ1) is 18.8. The van der Waals surface area contributed by atoms with Crippen LogP contribution in [-0.2, 0) is 6.42 Å². The number of rotatable bonds is 8. The van der Waals surface area contributed by atoms with Crippen LogP contribution in [0.15, 0.2) is 84.9 Å². The molecule has 0 aromatic heterocycles. The van der Waals surface area contributed by atoms with Crippen LogP contribution in [0, 0.1) is 0 Å². The van der Waals surface area contributed by atoms with Gasteiger partial charge in [-0.25, -0.2) is 0 Å². The molecule has 3 aromatic rings. The van der Waals surface area contributed by atoms with E-state index >= 15 is 0 Å². The number of hydrogen-bond acceptors (Lipinski definition) is 2. The Bertz CT molecular complexity index is 733. The van der Waals surface area contributed by atoms with E-state index in [0.29, 0.717) is 19.3 Å². The van der Waals surface area contributed by atoms with Gasteiger partial charge >= 0.3 is 0 Å². The molecule has 0 radical (unpaired) electrons. The third-order valence-electron chi connectivity index (χ3n) is 4.39. The van der Waals surface area contributed by atoms with Crippen molar-refractivity contribution in [3.05, 3.63) is 90.5 Å². The first-order chi connectivity index (χ1) is 12.8. The lowest BCUT2D eigenvalue weighted by atomic mass is 10.0. The van der Waals surface area contributed by atoms with Crippen LogP contribution in [0.3, 0.4) is 0 Å². The van der Waals surface area contributed by atoms with Crippen molar-refractivity contribution in [3.8, 4) is 0 Å². The van der Waals surface area contributed by atoms with Gasteiger partial charge in [-0.15, -0.1) is 0 Å². The van der Waals surface area contributed by atoms with Gasteiger partial charge in [-0.1, -0.05) is 84.9 Å². The van der Waals surface area contributed by atoms with Crippen molar-refractivity contribution in [2.24, 2.45) is 0 Å². The van der Waals surface area contributed by atoms with Crippen molar-refractivity contribution in [1.82, 2.24) is 0 Å². The molecule has 3 aromatic carbocycles. The van der Waals surface area contributed by atoms with E-state index < -0.39 is 14.0 Å². The second-order valence-electron chi connectivity index (χ2n) is 6.40. The highest BCUT2D eigenvalue weighted by Gasteiger charge is 2.16. The fourth-order valence-corrected chi connectivity index (χ4v) is 5.37. The molecule has 0 aliphatic rings. The molecule has 2 nitrogen and oxygen atoms in total. The summed E-state index contributed by atoms with van der Waals surface area (Å²) in [6, 6.07) is 29.9. The van der Waals surface area contributed by atoms with Crippen LogP contribution in [-0.4, -0.2) is 22.9 Å². The van der Waals surface area contributed by atoms with Gasteiger partial charge in [0.1, 0.15) is 0 Å². The molecular formula is C23H25O2P. The summed E-state index contributed by atoms with van der Waals surface area (Å²) in [7, 11) is -0.584. The molecule has 1 atom stereocenters. The second-order valence-corrected chi connectivity index (χ2v) is 8.62. The molecule has 0 aliphatic carbocycles. The quantitative estimate of drug-likeness (QED) is 0.603. The predicted octanol–water partition coefficient (Wildman–Crippen LogP) is 3.12. The second kappa shape index (κ2) is 9.64. The van der Waals surface area contributed by atoms with Crippen LogP contribution < -0.4 is 15.9 Å². The van der Waals surface area contributed by atoms with Crippen molar-refractivity contribution in [2.75, 3.05) is 6.61 Å². The zero-order chi connectivity index (χ0) is 18.2. The summed E-state index contributed by atoms with van der Waals surface area (Å²) < 4.78 is 0. The summed E-state index contributed by atoms with van der Waals surface area (Å²) in [6.45, 7) is 0.133. The first-order valence-corrected chi connectivity index (χ1v) is 10.4. The minimum absolute atomic E-state index is 0.133. The SMILES string of the molecule is OCCCC(O)Cc1ccc(P(c2ccccc2)c2ccccc2)cc1. The molecule has 3 heteroatoms. The van der Waals surface area contributed by atoms with Crippen LogP contribution in [0.4, 0.5) is 0 Å². The van der Waals surface area contributed by atoms with Gasteiger partial charge in [0, 0.05) is 6.61 Å². The van der Waals surface area contributed by atoms with Gasteiger partial charge in [-0.3, -0.25) is 0 Å². The van der Waals surface area contributed by atoms with E-state index in [1.807, 2.05) is 0 Å². The highest BCUT2D eigenvalue weighted by molar-refractivity contribution is 7.79. The van der Waals surface area contributed by atoms with Crippen molar-refractivity contribution in [2.45, 2.75) is 25.4 Å². The average molecular weight is 364 g/mol. The highest BCUT2D eigenvalue weighted by Crippen LogP contribution is 2.32. The van der Waals surface area contributed by atoms with Crippen LogP contribution in [0.5, 0.6) is 0 Å². The molecule has 2 N–H and O–H groups in total. The lowest BCUT2D eigenvalue weighted by molar-refractivity contribution is 0.150. The normalized spacial score (nSPS) is 12.3. The summed E-state index contributed by atoms with van der Waals surface area (Å²) in [4.78, 5) is 0. The van der Waals surface area contributed by atoms with E-state index in [-0.39, 0.29) is 6.61 Å². The minimum Gasteiger partial charge on any atom is -0.396 e. The lowest BCUT2D eigenvalue weighted by Crippen LogP contribution is -2.20. The molecule has 0 spiro atoms. The molecule has 1 unspecified atom stereocenters. The number of benzene rings is 3.